The summed E-state index contributed by atoms with van der Waals surface area (Å²) in [5.41, 5.74) is 9.07. The SMILES string of the molecule is Cc1ccc(C(=O)NC(C)c2cccc(Br)c2)cc1N. The minimum Gasteiger partial charge on any atom is -0.398 e. The number of benzene rings is 2. The van der Waals surface area contributed by atoms with Crippen LogP contribution in [0.1, 0.15) is 34.5 Å². The van der Waals surface area contributed by atoms with Crippen molar-refractivity contribution in [1.29, 1.82) is 0 Å². The second-order valence-corrected chi connectivity index (χ2v) is 5.74. The quantitative estimate of drug-likeness (QED) is 0.839. The Morgan fingerprint density at radius 1 is 1.25 bits per heavy atom. The number of anilines is 1. The molecule has 0 aliphatic heterocycles. The molecule has 3 nitrogen and oxygen atoms in total. The van der Waals surface area contributed by atoms with Gasteiger partial charge in [0, 0.05) is 15.7 Å². The third-order valence-corrected chi connectivity index (χ3v) is 3.73. The van der Waals surface area contributed by atoms with Crippen molar-refractivity contribution < 1.29 is 4.79 Å². The molecule has 1 unspecified atom stereocenters. The normalized spacial score (nSPS) is 11.9. The van der Waals surface area contributed by atoms with E-state index in [0.717, 1.165) is 15.6 Å². The Balaban J connectivity index is 2.13. The van der Waals surface area contributed by atoms with Crippen molar-refractivity contribution in [3.05, 3.63) is 63.6 Å². The van der Waals surface area contributed by atoms with Crippen LogP contribution in [0.2, 0.25) is 0 Å². The molecular formula is C16H17BrN2O. The molecule has 104 valence electrons. The molecule has 4 heteroatoms. The Kier molecular flexibility index (Phi) is 4.45. The average Bonchev–Trinajstić information content (AvgIpc) is 2.41. The Labute approximate surface area is 127 Å². The molecule has 1 amide bonds. The number of nitrogen functional groups attached to an aromatic ring is 1. The van der Waals surface area contributed by atoms with Gasteiger partial charge in [0.15, 0.2) is 0 Å². The molecule has 0 aromatic heterocycles. The van der Waals surface area contributed by atoms with Crippen LogP contribution in [0.25, 0.3) is 0 Å². The van der Waals surface area contributed by atoms with Crippen LogP contribution in [-0.2, 0) is 0 Å². The van der Waals surface area contributed by atoms with Gasteiger partial charge in [-0.1, -0.05) is 34.1 Å². The third kappa shape index (κ3) is 3.39. The first-order valence-corrected chi connectivity index (χ1v) is 7.19. The molecule has 0 heterocycles. The maximum Gasteiger partial charge on any atom is 0.251 e. The summed E-state index contributed by atoms with van der Waals surface area (Å²) in [5, 5.41) is 2.97. The van der Waals surface area contributed by atoms with E-state index in [1.807, 2.05) is 44.2 Å². The molecule has 2 aromatic rings. The molecule has 0 bridgehead atoms. The topological polar surface area (TPSA) is 55.1 Å². The third-order valence-electron chi connectivity index (χ3n) is 3.24. The largest absolute Gasteiger partial charge is 0.398 e. The van der Waals surface area contributed by atoms with Crippen LogP contribution in [0.5, 0.6) is 0 Å². The van der Waals surface area contributed by atoms with E-state index in [0.29, 0.717) is 11.3 Å². The van der Waals surface area contributed by atoms with Gasteiger partial charge in [0.1, 0.15) is 0 Å². The molecule has 0 spiro atoms. The molecule has 0 saturated heterocycles. The van der Waals surface area contributed by atoms with Crippen molar-refractivity contribution in [3.63, 3.8) is 0 Å². The minimum absolute atomic E-state index is 0.0671. The zero-order chi connectivity index (χ0) is 14.7. The number of hydrogen-bond acceptors (Lipinski definition) is 2. The number of hydrogen-bond donors (Lipinski definition) is 2. The van der Waals surface area contributed by atoms with Crippen LogP contribution in [0, 0.1) is 6.92 Å². The van der Waals surface area contributed by atoms with Gasteiger partial charge in [-0.3, -0.25) is 4.79 Å². The summed E-state index contributed by atoms with van der Waals surface area (Å²) in [5.74, 6) is -0.121. The first kappa shape index (κ1) is 14.6. The number of amides is 1. The highest BCUT2D eigenvalue weighted by atomic mass is 79.9. The fraction of sp³-hybridized carbons (Fsp3) is 0.188. The van der Waals surface area contributed by atoms with E-state index in [4.69, 9.17) is 5.73 Å². The van der Waals surface area contributed by atoms with Gasteiger partial charge in [-0.2, -0.15) is 0 Å². The molecule has 2 aromatic carbocycles. The van der Waals surface area contributed by atoms with Crippen LogP contribution in [0.4, 0.5) is 5.69 Å². The lowest BCUT2D eigenvalue weighted by Crippen LogP contribution is -2.26. The average molecular weight is 333 g/mol. The first-order valence-electron chi connectivity index (χ1n) is 6.40. The van der Waals surface area contributed by atoms with Crippen molar-refractivity contribution in [1.82, 2.24) is 5.32 Å². The molecule has 3 N–H and O–H groups in total. The summed E-state index contributed by atoms with van der Waals surface area (Å²) < 4.78 is 0.996. The number of nitrogens with one attached hydrogen (secondary N) is 1. The Morgan fingerprint density at radius 2 is 2.00 bits per heavy atom. The van der Waals surface area contributed by atoms with E-state index in [2.05, 4.69) is 21.2 Å². The van der Waals surface area contributed by atoms with Gasteiger partial charge in [0.2, 0.25) is 0 Å². The van der Waals surface area contributed by atoms with Gasteiger partial charge in [-0.25, -0.2) is 0 Å². The summed E-state index contributed by atoms with van der Waals surface area (Å²) in [6.07, 6.45) is 0. The van der Waals surface area contributed by atoms with Crippen molar-refractivity contribution in [2.75, 3.05) is 5.73 Å². The van der Waals surface area contributed by atoms with Crippen LogP contribution < -0.4 is 11.1 Å². The van der Waals surface area contributed by atoms with E-state index in [1.54, 1.807) is 12.1 Å². The van der Waals surface area contributed by atoms with Gasteiger partial charge in [-0.05, 0) is 49.2 Å². The Hall–Kier alpha value is -1.81. The molecule has 0 aliphatic carbocycles. The molecule has 0 radical (unpaired) electrons. The van der Waals surface area contributed by atoms with Crippen LogP contribution in [0.3, 0.4) is 0 Å². The van der Waals surface area contributed by atoms with E-state index in [-0.39, 0.29) is 11.9 Å². The zero-order valence-corrected chi connectivity index (χ0v) is 13.1. The molecule has 20 heavy (non-hydrogen) atoms. The van der Waals surface area contributed by atoms with E-state index >= 15 is 0 Å². The second-order valence-electron chi connectivity index (χ2n) is 4.82. The van der Waals surface area contributed by atoms with Gasteiger partial charge >= 0.3 is 0 Å². The van der Waals surface area contributed by atoms with Crippen LogP contribution in [0.15, 0.2) is 46.9 Å². The summed E-state index contributed by atoms with van der Waals surface area (Å²) in [7, 11) is 0. The molecule has 0 aliphatic rings. The molecule has 2 rings (SSSR count). The van der Waals surface area contributed by atoms with Crippen molar-refractivity contribution in [2.45, 2.75) is 19.9 Å². The molecule has 0 fully saturated rings. The molecular weight excluding hydrogens is 316 g/mol. The lowest BCUT2D eigenvalue weighted by molar-refractivity contribution is 0.0940. The van der Waals surface area contributed by atoms with Gasteiger partial charge in [0.05, 0.1) is 6.04 Å². The van der Waals surface area contributed by atoms with Crippen molar-refractivity contribution in [2.24, 2.45) is 0 Å². The van der Waals surface area contributed by atoms with Gasteiger partial charge in [0.25, 0.3) is 5.91 Å². The number of nitrogens with two attached hydrogens (primary N) is 1. The van der Waals surface area contributed by atoms with E-state index < -0.39 is 0 Å². The molecule has 1 atom stereocenters. The smallest absolute Gasteiger partial charge is 0.251 e. The zero-order valence-electron chi connectivity index (χ0n) is 11.5. The monoisotopic (exact) mass is 332 g/mol. The second kappa shape index (κ2) is 6.09. The van der Waals surface area contributed by atoms with E-state index in [1.165, 1.54) is 0 Å². The lowest BCUT2D eigenvalue weighted by atomic mass is 10.1. The number of carbonyl (C=O) groups is 1. The summed E-state index contributed by atoms with van der Waals surface area (Å²) >= 11 is 3.43. The standard InChI is InChI=1S/C16H17BrN2O/c1-10-6-7-13(9-15(10)18)16(20)19-11(2)12-4-3-5-14(17)8-12/h3-9,11H,18H2,1-2H3,(H,19,20). The maximum absolute atomic E-state index is 12.2. The van der Waals surface area contributed by atoms with E-state index in [9.17, 15) is 4.79 Å². The summed E-state index contributed by atoms with van der Waals surface area (Å²) in [6.45, 7) is 3.87. The fourth-order valence-corrected chi connectivity index (χ4v) is 2.34. The number of halogens is 1. The lowest BCUT2D eigenvalue weighted by Gasteiger charge is -2.15. The number of aryl methyl sites for hydroxylation is 1. The van der Waals surface area contributed by atoms with Gasteiger partial charge in [-0.15, -0.1) is 0 Å². The fourth-order valence-electron chi connectivity index (χ4n) is 1.92. The highest BCUT2D eigenvalue weighted by Gasteiger charge is 2.12. The number of rotatable bonds is 3. The predicted octanol–water partition coefficient (Wildman–Crippen LogP) is 3.83. The minimum atomic E-state index is -0.121. The van der Waals surface area contributed by atoms with Gasteiger partial charge < -0.3 is 11.1 Å². The maximum atomic E-state index is 12.2. The van der Waals surface area contributed by atoms with Crippen molar-refractivity contribution in [3.8, 4) is 0 Å². The highest BCUT2D eigenvalue weighted by Crippen LogP contribution is 2.19. The van der Waals surface area contributed by atoms with Crippen LogP contribution >= 0.6 is 15.9 Å². The Bertz CT molecular complexity index is 640. The number of carbonyl (C=O) groups excluding carboxylic acids is 1. The van der Waals surface area contributed by atoms with Crippen molar-refractivity contribution >= 4 is 27.5 Å². The molecule has 0 saturated carbocycles. The van der Waals surface area contributed by atoms with Crippen LogP contribution in [-0.4, -0.2) is 5.91 Å². The Morgan fingerprint density at radius 3 is 2.65 bits per heavy atom. The summed E-state index contributed by atoms with van der Waals surface area (Å²) in [4.78, 5) is 12.2. The highest BCUT2D eigenvalue weighted by molar-refractivity contribution is 9.10. The summed E-state index contributed by atoms with van der Waals surface area (Å²) in [6, 6.07) is 13.2. The first-order chi connectivity index (χ1) is 9.47. The predicted molar refractivity (Wildman–Crippen MR) is 85.6 cm³/mol.